The van der Waals surface area contributed by atoms with E-state index in [2.05, 4.69) is 65.0 Å². The summed E-state index contributed by atoms with van der Waals surface area (Å²) < 4.78 is 5.61. The van der Waals surface area contributed by atoms with Gasteiger partial charge in [-0.15, -0.1) is 0 Å². The van der Waals surface area contributed by atoms with Crippen molar-refractivity contribution in [2.45, 2.75) is 125 Å². The molecule has 9 atom stereocenters. The van der Waals surface area contributed by atoms with Gasteiger partial charge < -0.3 is 14.9 Å². The fourth-order valence-electron chi connectivity index (χ4n) is 12.1. The summed E-state index contributed by atoms with van der Waals surface area (Å²) in [6, 6.07) is 9.46. The van der Waals surface area contributed by atoms with Crippen molar-refractivity contribution in [2.24, 2.45) is 50.2 Å². The molecule has 0 saturated heterocycles. The van der Waals surface area contributed by atoms with Crippen LogP contribution in [-0.4, -0.2) is 22.3 Å². The second kappa shape index (κ2) is 10.7. The zero-order chi connectivity index (χ0) is 32.9. The molecule has 1 amide bonds. The van der Waals surface area contributed by atoms with Gasteiger partial charge in [-0.3, -0.25) is 4.79 Å². The summed E-state index contributed by atoms with van der Waals surface area (Å²) in [5.74, 6) is 2.37. The number of fused-ring (bicyclic) bond motifs is 7. The Morgan fingerprint density at radius 1 is 0.978 bits per heavy atom. The summed E-state index contributed by atoms with van der Waals surface area (Å²) in [6.07, 6.45) is 13.5. The molecule has 250 valence electrons. The number of benzene rings is 1. The Morgan fingerprint density at radius 3 is 2.50 bits per heavy atom. The molecule has 1 unspecified atom stereocenters. The van der Waals surface area contributed by atoms with Crippen LogP contribution >= 0.6 is 11.6 Å². The van der Waals surface area contributed by atoms with E-state index in [9.17, 15) is 9.90 Å². The Labute approximate surface area is 281 Å². The number of hydrogen-bond acceptors (Lipinski definition) is 4. The molecule has 0 radical (unpaired) electrons. The van der Waals surface area contributed by atoms with Gasteiger partial charge >= 0.3 is 0 Å². The highest BCUT2D eigenvalue weighted by molar-refractivity contribution is 6.30. The lowest BCUT2D eigenvalue weighted by atomic mass is 9.33. The minimum Gasteiger partial charge on any atom is -0.393 e. The van der Waals surface area contributed by atoms with E-state index < -0.39 is 5.41 Å². The molecule has 7 rings (SSSR count). The summed E-state index contributed by atoms with van der Waals surface area (Å²) in [5, 5.41) is 19.2. The van der Waals surface area contributed by atoms with Crippen LogP contribution in [0.1, 0.15) is 118 Å². The number of carbonyl (C=O) groups is 1. The molecule has 1 aromatic carbocycles. The van der Waals surface area contributed by atoms with Gasteiger partial charge in [-0.25, -0.2) is 0 Å². The molecule has 1 aromatic heterocycles. The second-order valence-corrected chi connectivity index (χ2v) is 18.4. The second-order valence-electron chi connectivity index (χ2n) is 18.0. The first-order valence-corrected chi connectivity index (χ1v) is 18.3. The van der Waals surface area contributed by atoms with Crippen LogP contribution in [-0.2, 0) is 11.3 Å². The highest BCUT2D eigenvalue weighted by Gasteiger charge is 2.68. The first-order chi connectivity index (χ1) is 21.6. The largest absolute Gasteiger partial charge is 0.393 e. The van der Waals surface area contributed by atoms with Crippen molar-refractivity contribution < 1.29 is 14.4 Å². The third kappa shape index (κ3) is 4.64. The van der Waals surface area contributed by atoms with Gasteiger partial charge in [-0.2, -0.15) is 0 Å². The fraction of sp³-hybridized carbons (Fsp3) is 0.700. The van der Waals surface area contributed by atoms with Gasteiger partial charge in [0.05, 0.1) is 12.6 Å². The Hall–Kier alpha value is -2.11. The topological polar surface area (TPSA) is 75.4 Å². The molecule has 6 heteroatoms. The van der Waals surface area contributed by atoms with Crippen LogP contribution < -0.4 is 5.32 Å². The van der Waals surface area contributed by atoms with E-state index in [1.165, 1.54) is 25.7 Å². The number of aliphatic hydroxyl groups is 1. The van der Waals surface area contributed by atoms with Crippen molar-refractivity contribution in [1.82, 2.24) is 10.5 Å². The maximum Gasteiger partial charge on any atom is 0.226 e. The van der Waals surface area contributed by atoms with E-state index in [4.69, 9.17) is 16.1 Å². The van der Waals surface area contributed by atoms with E-state index in [-0.39, 0.29) is 39.1 Å². The summed E-state index contributed by atoms with van der Waals surface area (Å²) >= 11 is 6.18. The number of aromatic nitrogens is 1. The van der Waals surface area contributed by atoms with Crippen molar-refractivity contribution in [3.63, 3.8) is 0 Å². The Kier molecular flexibility index (Phi) is 7.54. The highest BCUT2D eigenvalue weighted by Crippen LogP contribution is 2.75. The van der Waals surface area contributed by atoms with Gasteiger partial charge in [0.1, 0.15) is 5.69 Å². The zero-order valence-electron chi connectivity index (χ0n) is 29.1. The maximum atomic E-state index is 14.0. The summed E-state index contributed by atoms with van der Waals surface area (Å²) in [4.78, 5) is 14.0. The minimum atomic E-state index is -0.427. The lowest BCUT2D eigenvalue weighted by Gasteiger charge is -2.71. The maximum absolute atomic E-state index is 14.0. The van der Waals surface area contributed by atoms with Crippen molar-refractivity contribution >= 4 is 17.5 Å². The van der Waals surface area contributed by atoms with Gasteiger partial charge in [0.2, 0.25) is 5.91 Å². The van der Waals surface area contributed by atoms with Gasteiger partial charge in [-0.1, -0.05) is 89.0 Å². The Bertz CT molecular complexity index is 1560. The minimum absolute atomic E-state index is 0.0363. The molecule has 1 heterocycles. The number of carbonyl (C=O) groups excluding carboxylic acids is 1. The molecular formula is C40H55ClN2O3. The zero-order valence-corrected chi connectivity index (χ0v) is 29.9. The van der Waals surface area contributed by atoms with Gasteiger partial charge in [0.15, 0.2) is 5.76 Å². The number of amides is 1. The molecule has 2 N–H and O–H groups in total. The average Bonchev–Trinajstić information content (AvgIpc) is 3.48. The van der Waals surface area contributed by atoms with E-state index in [0.717, 1.165) is 49.8 Å². The Balaban J connectivity index is 1.12. The highest BCUT2D eigenvalue weighted by atomic mass is 35.5. The lowest BCUT2D eigenvalue weighted by molar-refractivity contribution is -0.203. The number of rotatable bonds is 4. The van der Waals surface area contributed by atoms with Crippen LogP contribution in [0.15, 0.2) is 46.5 Å². The number of allylic oxidation sites excluding steroid dienone is 2. The molecular weight excluding hydrogens is 592 g/mol. The van der Waals surface area contributed by atoms with E-state index >= 15 is 0 Å². The molecule has 46 heavy (non-hydrogen) atoms. The first kappa shape index (κ1) is 32.4. The molecule has 0 bridgehead atoms. The van der Waals surface area contributed by atoms with Crippen molar-refractivity contribution in [3.05, 3.63) is 52.8 Å². The number of nitrogens with zero attached hydrogens (tertiary/aromatic N) is 1. The van der Waals surface area contributed by atoms with Crippen LogP contribution in [0.5, 0.6) is 0 Å². The predicted octanol–water partition coefficient (Wildman–Crippen LogP) is 9.77. The van der Waals surface area contributed by atoms with Gasteiger partial charge in [0, 0.05) is 22.1 Å². The van der Waals surface area contributed by atoms with Crippen LogP contribution in [0.2, 0.25) is 5.02 Å². The van der Waals surface area contributed by atoms with Crippen LogP contribution in [0.3, 0.4) is 0 Å². The van der Waals surface area contributed by atoms with E-state index in [0.29, 0.717) is 35.1 Å². The van der Waals surface area contributed by atoms with Gasteiger partial charge in [-0.05, 0) is 121 Å². The first-order valence-electron chi connectivity index (χ1n) is 17.9. The molecule has 0 aliphatic heterocycles. The fourth-order valence-corrected chi connectivity index (χ4v) is 12.3. The molecule has 2 aromatic rings. The third-order valence-corrected chi connectivity index (χ3v) is 15.7. The van der Waals surface area contributed by atoms with Crippen LogP contribution in [0, 0.1) is 50.2 Å². The van der Waals surface area contributed by atoms with Crippen molar-refractivity contribution in [1.29, 1.82) is 0 Å². The number of nitrogens with one attached hydrogen (secondary N) is 1. The SMILES string of the molecule is CC1(C)C2CC[C@]3(C)[C@H](CC=C4[C@H]5C[C@@](C)(C(=O)NCc6cc(-c7cccc(Cl)c7)no6)CC[C@]5(C)CC[C@]43C)[C@@]2(C)CC[C@@H]1O. The summed E-state index contributed by atoms with van der Waals surface area (Å²) in [7, 11) is 0. The average molecular weight is 647 g/mol. The summed E-state index contributed by atoms with van der Waals surface area (Å²) in [6.45, 7) is 17.5. The van der Waals surface area contributed by atoms with E-state index in [1.54, 1.807) is 5.57 Å². The molecule has 0 spiro atoms. The number of hydrogen-bond donors (Lipinski definition) is 2. The van der Waals surface area contributed by atoms with Crippen molar-refractivity contribution in [3.8, 4) is 11.3 Å². The monoisotopic (exact) mass is 646 g/mol. The molecule has 5 aliphatic rings. The smallest absolute Gasteiger partial charge is 0.226 e. The quantitative estimate of drug-likeness (QED) is 0.324. The van der Waals surface area contributed by atoms with E-state index in [1.807, 2.05) is 30.3 Å². The van der Waals surface area contributed by atoms with Crippen LogP contribution in [0.4, 0.5) is 0 Å². The predicted molar refractivity (Wildman–Crippen MR) is 184 cm³/mol. The summed E-state index contributed by atoms with van der Waals surface area (Å²) in [5.41, 5.74) is 3.67. The number of halogens is 1. The third-order valence-electron chi connectivity index (χ3n) is 15.5. The number of aliphatic hydroxyl groups excluding tert-OH is 1. The molecule has 4 fully saturated rings. The lowest BCUT2D eigenvalue weighted by Crippen LogP contribution is -2.64. The van der Waals surface area contributed by atoms with Crippen molar-refractivity contribution in [2.75, 3.05) is 0 Å². The van der Waals surface area contributed by atoms with Crippen LogP contribution in [0.25, 0.3) is 11.3 Å². The molecule has 5 aliphatic carbocycles. The Morgan fingerprint density at radius 2 is 1.74 bits per heavy atom. The molecule has 5 nitrogen and oxygen atoms in total. The van der Waals surface area contributed by atoms with Gasteiger partial charge in [0.25, 0.3) is 0 Å². The molecule has 4 saturated carbocycles. The normalized spacial score (nSPS) is 42.9. The standard InChI is InChI=1S/C40H55ClN2O3/c1-35(2)31-13-16-40(7)32(38(31,5)15-14-33(35)44)12-11-28-29-23-37(4,18-17-36(29,3)19-20-39(28,40)6)34(45)42-24-27-22-30(43-46-27)25-9-8-10-26(41)21-25/h8-11,21-22,29,31-33,44H,12-20,23-24H2,1-7H3,(H,42,45)/t29-,31?,32-,33+,36-,37+,38+,39-,40-/m1/s1.